The van der Waals surface area contributed by atoms with E-state index in [1.165, 1.54) is 12.4 Å². The number of hydrogen-bond donors (Lipinski definition) is 3. The molecular weight excluding hydrogens is 808 g/mol. The summed E-state index contributed by atoms with van der Waals surface area (Å²) in [5, 5.41) is 11.6. The quantitative estimate of drug-likeness (QED) is 0.0738. The number of rotatable bonds is 14. The first-order valence-corrected chi connectivity index (χ1v) is 20.7. The van der Waals surface area contributed by atoms with Gasteiger partial charge in [0, 0.05) is 67.6 Å². The minimum atomic E-state index is -4.46. The van der Waals surface area contributed by atoms with Gasteiger partial charge in [0.1, 0.15) is 18.7 Å². The Hall–Kier alpha value is -7.10. The third-order valence-electron chi connectivity index (χ3n) is 11.9. The van der Waals surface area contributed by atoms with E-state index in [2.05, 4.69) is 64.1 Å². The van der Waals surface area contributed by atoms with Crippen LogP contribution < -0.4 is 20.7 Å². The van der Waals surface area contributed by atoms with Crippen molar-refractivity contribution in [3.05, 3.63) is 149 Å². The Morgan fingerprint density at radius 2 is 1.78 bits per heavy atom. The summed E-state index contributed by atoms with van der Waals surface area (Å²) in [7, 11) is 3.64. The van der Waals surface area contributed by atoms with Crippen molar-refractivity contribution in [2.75, 3.05) is 31.3 Å². The summed E-state index contributed by atoms with van der Waals surface area (Å²) < 4.78 is 51.7. The summed E-state index contributed by atoms with van der Waals surface area (Å²) in [6.45, 7) is 7.36. The molecule has 13 nitrogen and oxygen atoms in total. The monoisotopic (exact) mass is 856 g/mol. The van der Waals surface area contributed by atoms with Crippen molar-refractivity contribution in [1.29, 1.82) is 0 Å². The molecule has 1 amide bonds. The number of amides is 1. The lowest BCUT2D eigenvalue weighted by atomic mass is 9.78. The largest absolute Gasteiger partial charge is 0.471 e. The fourth-order valence-corrected chi connectivity index (χ4v) is 8.67. The average molecular weight is 857 g/mol. The molecule has 4 N–H and O–H groups in total. The Morgan fingerprint density at radius 3 is 2.56 bits per heavy atom. The molecule has 3 aromatic heterocycles. The normalized spacial score (nSPS) is 17.7. The standard InChI is InChI=1S/C47H48F3N11O2/c1-45(2)35-24-32(47(48,49)50)21-22-37(35)61(38(45)15-7-6-8-16-39-46(3,25-40(62)52-4)34-13-9-10-14-36(34)59(39)5)23-11-12-33-27-60(58-57-33)26-30-17-19-31(20-18-30)28-63-43-41-42(54-29-53-41)55-44(51)56-43/h6-10,13-22,24,27,29H,11-12,23,25-26,28H2,1-5H3,(H3-,51,52,53,54,55,56,57,58,62)/p+1. The van der Waals surface area contributed by atoms with Gasteiger partial charge in [0.15, 0.2) is 11.4 Å². The van der Waals surface area contributed by atoms with Crippen LogP contribution in [0.25, 0.3) is 11.2 Å². The molecule has 2 aliphatic heterocycles. The number of likely N-dealkylation sites (N-methyl/N-ethyl adjacent to an activating group) is 1. The highest BCUT2D eigenvalue weighted by molar-refractivity contribution is 6.03. The summed E-state index contributed by atoms with van der Waals surface area (Å²) >= 11 is 0. The number of ether oxygens (including phenoxy) is 1. The molecule has 0 aliphatic carbocycles. The van der Waals surface area contributed by atoms with Gasteiger partial charge in [0.05, 0.1) is 29.5 Å². The van der Waals surface area contributed by atoms with E-state index in [4.69, 9.17) is 10.5 Å². The third kappa shape index (κ3) is 8.57. The topological polar surface area (TPSA) is 156 Å². The van der Waals surface area contributed by atoms with Crippen LogP contribution in [0.2, 0.25) is 0 Å². The molecule has 0 saturated carbocycles. The van der Waals surface area contributed by atoms with Crippen molar-refractivity contribution in [2.24, 2.45) is 0 Å². The number of nitrogen functional groups attached to an aromatic ring is 1. The summed E-state index contributed by atoms with van der Waals surface area (Å²) in [5.41, 5.74) is 13.1. The van der Waals surface area contributed by atoms with Crippen molar-refractivity contribution in [3.8, 4) is 5.88 Å². The lowest BCUT2D eigenvalue weighted by Crippen LogP contribution is -2.33. The first-order chi connectivity index (χ1) is 30.2. The number of benzene rings is 3. The number of halogens is 3. The number of alkyl halides is 3. The van der Waals surface area contributed by atoms with E-state index < -0.39 is 22.6 Å². The van der Waals surface area contributed by atoms with Gasteiger partial charge in [-0.3, -0.25) is 4.79 Å². The Bertz CT molecular complexity index is 2800. The van der Waals surface area contributed by atoms with Gasteiger partial charge < -0.3 is 25.7 Å². The number of para-hydroxylation sites is 1. The molecule has 8 rings (SSSR count). The summed E-state index contributed by atoms with van der Waals surface area (Å²) in [5.74, 6) is 0.363. The molecule has 1 unspecified atom stereocenters. The fourth-order valence-electron chi connectivity index (χ4n) is 8.67. The number of carbonyl (C=O) groups excluding carboxylic acids is 1. The first-order valence-electron chi connectivity index (χ1n) is 20.7. The van der Waals surface area contributed by atoms with Gasteiger partial charge in [-0.15, -0.1) is 5.10 Å². The summed E-state index contributed by atoms with van der Waals surface area (Å²) in [4.78, 5) is 30.1. The summed E-state index contributed by atoms with van der Waals surface area (Å²) in [6, 6.07) is 20.1. The molecule has 2 aliphatic rings. The number of carbonyl (C=O) groups is 1. The number of hydrogen-bond acceptors (Lipinski definition) is 9. The lowest BCUT2D eigenvalue weighted by molar-refractivity contribution is -0.438. The van der Waals surface area contributed by atoms with Crippen LogP contribution in [-0.2, 0) is 41.4 Å². The maximum Gasteiger partial charge on any atom is 0.416 e. The molecule has 63 heavy (non-hydrogen) atoms. The lowest BCUT2D eigenvalue weighted by Gasteiger charge is -2.27. The molecule has 0 saturated heterocycles. The van der Waals surface area contributed by atoms with Crippen LogP contribution in [0.3, 0.4) is 0 Å². The number of nitrogens with two attached hydrogens (primary N) is 1. The predicted octanol–water partition coefficient (Wildman–Crippen LogP) is 7.72. The van der Waals surface area contributed by atoms with Crippen LogP contribution in [0.15, 0.2) is 115 Å². The number of aromatic amines is 1. The van der Waals surface area contributed by atoms with Crippen LogP contribution in [-0.4, -0.2) is 71.8 Å². The summed E-state index contributed by atoms with van der Waals surface area (Å²) in [6.07, 6.45) is 10.4. The number of nitrogens with zero attached hydrogens (tertiary/aromatic N) is 8. The van der Waals surface area contributed by atoms with Crippen LogP contribution in [0.1, 0.15) is 67.1 Å². The molecular formula is C47H49F3N11O2+. The number of fused-ring (bicyclic) bond motifs is 3. The van der Waals surface area contributed by atoms with Gasteiger partial charge in [-0.05, 0) is 68.2 Å². The van der Waals surface area contributed by atoms with Gasteiger partial charge >= 0.3 is 6.18 Å². The fraction of sp³-hybridized carbons (Fsp3) is 0.298. The highest BCUT2D eigenvalue weighted by Crippen LogP contribution is 2.49. The first kappa shape index (κ1) is 42.6. The second-order valence-corrected chi connectivity index (χ2v) is 16.6. The molecule has 324 valence electrons. The number of H-pyrrole nitrogens is 1. The highest BCUT2D eigenvalue weighted by atomic mass is 19.4. The Kier molecular flexibility index (Phi) is 11.5. The van der Waals surface area contributed by atoms with Crippen molar-refractivity contribution in [3.63, 3.8) is 0 Å². The Labute approximate surface area is 362 Å². The molecule has 0 spiro atoms. The zero-order valence-corrected chi connectivity index (χ0v) is 35.7. The molecule has 6 aromatic rings. The zero-order chi connectivity index (χ0) is 44.5. The van der Waals surface area contributed by atoms with Crippen LogP contribution in [0.4, 0.5) is 30.5 Å². The van der Waals surface area contributed by atoms with E-state index in [0.717, 1.165) is 51.2 Å². The van der Waals surface area contributed by atoms with Gasteiger partial charge in [0.25, 0.3) is 0 Å². The number of anilines is 2. The van der Waals surface area contributed by atoms with Gasteiger partial charge in [-0.1, -0.05) is 65.9 Å². The maximum atomic E-state index is 14.0. The number of aromatic nitrogens is 7. The smallest absolute Gasteiger partial charge is 0.416 e. The minimum absolute atomic E-state index is 0.0516. The average Bonchev–Trinajstić information content (AvgIpc) is 4.01. The van der Waals surface area contributed by atoms with Crippen LogP contribution >= 0.6 is 0 Å². The number of imidazole rings is 1. The van der Waals surface area contributed by atoms with E-state index in [1.54, 1.807) is 17.8 Å². The van der Waals surface area contributed by atoms with Gasteiger partial charge in [0.2, 0.25) is 23.4 Å². The van der Waals surface area contributed by atoms with Crippen LogP contribution in [0.5, 0.6) is 5.88 Å². The van der Waals surface area contributed by atoms with Gasteiger partial charge in [-0.25, -0.2) is 9.67 Å². The highest BCUT2D eigenvalue weighted by Gasteiger charge is 2.46. The number of nitrogens with one attached hydrogen (secondary N) is 2. The molecule has 3 aromatic carbocycles. The van der Waals surface area contributed by atoms with E-state index in [-0.39, 0.29) is 18.5 Å². The van der Waals surface area contributed by atoms with E-state index in [1.807, 2.05) is 93.9 Å². The SMILES string of the molecule is CNC(=O)CC1(C)\C(=C/C=C/C=C/C2=[N+](CCCc3cn(Cc4ccc(COc5nc(N)nc6nc[nH]c56)cc4)nn3)c3ccc(C(F)(F)F)cc3C2(C)C)N(C)c2ccccc21. The number of allylic oxidation sites excluding steroid dienone is 6. The van der Waals surface area contributed by atoms with E-state index in [9.17, 15) is 18.0 Å². The van der Waals surface area contributed by atoms with Crippen molar-refractivity contribution < 1.29 is 27.3 Å². The predicted molar refractivity (Wildman–Crippen MR) is 236 cm³/mol. The third-order valence-corrected chi connectivity index (χ3v) is 11.9. The second kappa shape index (κ2) is 17.0. The van der Waals surface area contributed by atoms with Gasteiger partial charge in [-0.2, -0.15) is 27.7 Å². The zero-order valence-electron chi connectivity index (χ0n) is 35.7. The molecule has 5 heterocycles. The van der Waals surface area contributed by atoms with E-state index in [0.29, 0.717) is 55.0 Å². The molecule has 16 heteroatoms. The second-order valence-electron chi connectivity index (χ2n) is 16.6. The van der Waals surface area contributed by atoms with Crippen molar-refractivity contribution in [2.45, 2.75) is 70.2 Å². The number of aryl methyl sites for hydroxylation is 1. The molecule has 0 radical (unpaired) electrons. The minimum Gasteiger partial charge on any atom is -0.471 e. The Morgan fingerprint density at radius 1 is 1.00 bits per heavy atom. The van der Waals surface area contributed by atoms with Crippen molar-refractivity contribution in [1.82, 2.24) is 40.2 Å². The van der Waals surface area contributed by atoms with Crippen molar-refractivity contribution >= 4 is 40.1 Å². The molecule has 1 atom stereocenters. The van der Waals surface area contributed by atoms with E-state index >= 15 is 0 Å². The maximum absolute atomic E-state index is 14.0. The Balaban J connectivity index is 0.954. The van der Waals surface area contributed by atoms with Crippen LogP contribution in [0, 0.1) is 0 Å². The molecule has 0 bridgehead atoms. The molecule has 0 fully saturated rings.